The molecule has 0 radical (unpaired) electrons. The molecule has 0 unspecified atom stereocenters. The van der Waals surface area contributed by atoms with Crippen molar-refractivity contribution < 1.29 is 13.9 Å². The van der Waals surface area contributed by atoms with Crippen LogP contribution in [0.5, 0.6) is 11.6 Å². The maximum absolute atomic E-state index is 14.1. The zero-order valence-electron chi connectivity index (χ0n) is 19.0. The lowest BCUT2D eigenvalue weighted by atomic mass is 9.95. The van der Waals surface area contributed by atoms with Crippen LogP contribution in [0.15, 0.2) is 67.0 Å². The van der Waals surface area contributed by atoms with Crippen molar-refractivity contribution in [3.05, 3.63) is 72.8 Å². The number of piperidine rings is 1. The van der Waals surface area contributed by atoms with Crippen LogP contribution in [0.25, 0.3) is 0 Å². The first-order chi connectivity index (χ1) is 16.7. The van der Waals surface area contributed by atoms with E-state index < -0.39 is 0 Å². The molecule has 0 aliphatic carbocycles. The molecule has 1 amide bonds. The highest BCUT2D eigenvalue weighted by atomic mass is 19.1. The van der Waals surface area contributed by atoms with Crippen LogP contribution in [0.1, 0.15) is 12.8 Å². The third kappa shape index (κ3) is 4.95. The second-order valence-corrected chi connectivity index (χ2v) is 8.65. The quantitative estimate of drug-likeness (QED) is 0.573. The Morgan fingerprint density at radius 2 is 1.56 bits per heavy atom. The molecule has 2 fully saturated rings. The van der Waals surface area contributed by atoms with Gasteiger partial charge in [0.25, 0.3) is 0 Å². The molecular weight excluding hydrogens is 433 g/mol. The highest BCUT2D eigenvalue weighted by molar-refractivity contribution is 5.79. The number of amides is 1. The molecule has 2 aromatic carbocycles. The molecule has 2 saturated heterocycles. The second kappa shape index (κ2) is 10.1. The van der Waals surface area contributed by atoms with E-state index in [1.165, 1.54) is 12.4 Å². The van der Waals surface area contributed by atoms with Crippen LogP contribution in [0, 0.1) is 11.7 Å². The van der Waals surface area contributed by atoms with Crippen LogP contribution >= 0.6 is 0 Å². The lowest BCUT2D eigenvalue weighted by Gasteiger charge is -2.39. The molecule has 5 rings (SSSR count). The van der Waals surface area contributed by atoms with E-state index in [0.29, 0.717) is 37.7 Å². The van der Waals surface area contributed by atoms with Gasteiger partial charge in [0.1, 0.15) is 23.7 Å². The van der Waals surface area contributed by atoms with Crippen molar-refractivity contribution in [2.75, 3.05) is 49.1 Å². The summed E-state index contributed by atoms with van der Waals surface area (Å²) in [6.45, 7) is 4.06. The third-order valence-corrected chi connectivity index (χ3v) is 6.55. The average molecular weight is 462 g/mol. The van der Waals surface area contributed by atoms with E-state index in [9.17, 15) is 9.18 Å². The van der Waals surface area contributed by atoms with E-state index >= 15 is 0 Å². The first kappa shape index (κ1) is 22.1. The molecule has 0 atom stereocenters. The van der Waals surface area contributed by atoms with Crippen LogP contribution < -0.4 is 14.5 Å². The van der Waals surface area contributed by atoms with Gasteiger partial charge in [0.2, 0.25) is 11.8 Å². The van der Waals surface area contributed by atoms with E-state index in [2.05, 4.69) is 14.9 Å². The van der Waals surface area contributed by atoms with Crippen LogP contribution in [0.3, 0.4) is 0 Å². The van der Waals surface area contributed by atoms with Crippen molar-refractivity contribution in [1.82, 2.24) is 14.9 Å². The summed E-state index contributed by atoms with van der Waals surface area (Å²) in [6, 6.07) is 18.2. The number of rotatable bonds is 5. The Morgan fingerprint density at radius 3 is 2.29 bits per heavy atom. The normalized spacial score (nSPS) is 17.0. The zero-order valence-corrected chi connectivity index (χ0v) is 19.0. The summed E-state index contributed by atoms with van der Waals surface area (Å²) in [6.07, 6.45) is 3.08. The van der Waals surface area contributed by atoms with Gasteiger partial charge >= 0.3 is 0 Å². The number of para-hydroxylation sites is 2. The molecule has 8 heteroatoms. The summed E-state index contributed by atoms with van der Waals surface area (Å²) in [5.74, 6) is 2.05. The summed E-state index contributed by atoms with van der Waals surface area (Å²) >= 11 is 0. The minimum atomic E-state index is -0.211. The van der Waals surface area contributed by atoms with Crippen LogP contribution in [-0.2, 0) is 4.79 Å². The maximum Gasteiger partial charge on any atom is 0.225 e. The van der Waals surface area contributed by atoms with Gasteiger partial charge in [0, 0.05) is 51.3 Å². The number of aromatic nitrogens is 2. The number of piperazine rings is 1. The van der Waals surface area contributed by atoms with E-state index in [4.69, 9.17) is 4.74 Å². The number of hydrogen-bond donors (Lipinski definition) is 0. The summed E-state index contributed by atoms with van der Waals surface area (Å²) < 4.78 is 19.9. The van der Waals surface area contributed by atoms with Gasteiger partial charge < -0.3 is 19.4 Å². The van der Waals surface area contributed by atoms with E-state index in [1.54, 1.807) is 12.1 Å². The number of benzene rings is 2. The minimum absolute atomic E-state index is 0.0122. The van der Waals surface area contributed by atoms with E-state index in [-0.39, 0.29) is 17.6 Å². The monoisotopic (exact) mass is 461 g/mol. The highest BCUT2D eigenvalue weighted by Gasteiger charge is 2.31. The Kier molecular flexibility index (Phi) is 6.56. The molecule has 1 aromatic heterocycles. The van der Waals surface area contributed by atoms with Gasteiger partial charge in [0.15, 0.2) is 0 Å². The van der Waals surface area contributed by atoms with Gasteiger partial charge in [-0.1, -0.05) is 30.3 Å². The fourth-order valence-electron chi connectivity index (χ4n) is 4.66. The van der Waals surface area contributed by atoms with Gasteiger partial charge in [-0.15, -0.1) is 0 Å². The predicted octanol–water partition coefficient (Wildman–Crippen LogP) is 3.97. The average Bonchev–Trinajstić information content (AvgIpc) is 2.90. The van der Waals surface area contributed by atoms with Crippen LogP contribution in [0.4, 0.5) is 15.9 Å². The Labute approximate surface area is 198 Å². The number of carbonyl (C=O) groups excluding carboxylic acids is 1. The van der Waals surface area contributed by atoms with Crippen molar-refractivity contribution >= 4 is 17.4 Å². The van der Waals surface area contributed by atoms with Gasteiger partial charge in [0.05, 0.1) is 5.69 Å². The maximum atomic E-state index is 14.1. The topological polar surface area (TPSA) is 61.8 Å². The number of hydrogen-bond acceptors (Lipinski definition) is 6. The SMILES string of the molecule is O=C(C1CCN(c2cc(Oc3ccccc3)ncn2)CC1)N1CCN(c2ccccc2F)CC1. The summed E-state index contributed by atoms with van der Waals surface area (Å²) in [5.41, 5.74) is 0.614. The van der Waals surface area contributed by atoms with Crippen molar-refractivity contribution in [1.29, 1.82) is 0 Å². The summed E-state index contributed by atoms with van der Waals surface area (Å²) in [4.78, 5) is 27.9. The molecule has 7 nitrogen and oxygen atoms in total. The Balaban J connectivity index is 1.13. The number of nitrogens with zero attached hydrogens (tertiary/aromatic N) is 5. The first-order valence-electron chi connectivity index (χ1n) is 11.8. The molecule has 2 aliphatic rings. The molecule has 0 bridgehead atoms. The summed E-state index contributed by atoms with van der Waals surface area (Å²) in [5, 5.41) is 0. The van der Waals surface area contributed by atoms with Gasteiger partial charge in [-0.3, -0.25) is 4.79 Å². The Morgan fingerprint density at radius 1 is 0.853 bits per heavy atom. The number of ether oxygens (including phenoxy) is 1. The highest BCUT2D eigenvalue weighted by Crippen LogP contribution is 2.27. The van der Waals surface area contributed by atoms with Gasteiger partial charge in [-0.05, 0) is 37.1 Å². The summed E-state index contributed by atoms with van der Waals surface area (Å²) in [7, 11) is 0. The molecule has 34 heavy (non-hydrogen) atoms. The van der Waals surface area contributed by atoms with Crippen molar-refractivity contribution in [2.24, 2.45) is 5.92 Å². The predicted molar refractivity (Wildman–Crippen MR) is 129 cm³/mol. The van der Waals surface area contributed by atoms with Crippen molar-refractivity contribution in [2.45, 2.75) is 12.8 Å². The number of halogens is 1. The van der Waals surface area contributed by atoms with Crippen LogP contribution in [-0.4, -0.2) is 60.0 Å². The Bertz CT molecular complexity index is 1110. The standard InChI is InChI=1S/C26H28FN5O2/c27-22-8-4-5-9-23(22)30-14-16-32(17-15-30)26(33)20-10-12-31(13-11-20)24-18-25(29-19-28-24)34-21-6-2-1-3-7-21/h1-9,18-20H,10-17H2. The number of carbonyl (C=O) groups is 1. The molecule has 3 aromatic rings. The van der Waals surface area contributed by atoms with Crippen LogP contribution in [0.2, 0.25) is 0 Å². The molecular formula is C26H28FN5O2. The smallest absolute Gasteiger partial charge is 0.225 e. The fraction of sp³-hybridized carbons (Fsp3) is 0.346. The van der Waals surface area contributed by atoms with E-state index in [0.717, 1.165) is 37.5 Å². The number of anilines is 2. The molecule has 2 aliphatic heterocycles. The Hall–Kier alpha value is -3.68. The molecule has 176 valence electrons. The first-order valence-corrected chi connectivity index (χ1v) is 11.8. The fourth-order valence-corrected chi connectivity index (χ4v) is 4.66. The van der Waals surface area contributed by atoms with Gasteiger partial charge in [-0.2, -0.15) is 0 Å². The van der Waals surface area contributed by atoms with Gasteiger partial charge in [-0.25, -0.2) is 14.4 Å². The minimum Gasteiger partial charge on any atom is -0.439 e. The molecule has 0 saturated carbocycles. The third-order valence-electron chi connectivity index (χ3n) is 6.55. The molecule has 0 spiro atoms. The molecule has 3 heterocycles. The zero-order chi connectivity index (χ0) is 23.3. The molecule has 0 N–H and O–H groups in total. The van der Waals surface area contributed by atoms with Crippen molar-refractivity contribution in [3.8, 4) is 11.6 Å². The second-order valence-electron chi connectivity index (χ2n) is 8.65. The van der Waals surface area contributed by atoms with E-state index in [1.807, 2.05) is 52.3 Å². The lowest BCUT2D eigenvalue weighted by Crippen LogP contribution is -2.52. The van der Waals surface area contributed by atoms with Crippen molar-refractivity contribution in [3.63, 3.8) is 0 Å². The largest absolute Gasteiger partial charge is 0.439 e. The lowest BCUT2D eigenvalue weighted by molar-refractivity contribution is -0.136.